The van der Waals surface area contributed by atoms with E-state index >= 15 is 0 Å². The average molecular weight is 450 g/mol. The van der Waals surface area contributed by atoms with Crippen LogP contribution in [-0.4, -0.2) is 23.5 Å². The second-order valence-electron chi connectivity index (χ2n) is 7.46. The van der Waals surface area contributed by atoms with E-state index in [1.807, 2.05) is 18.2 Å². The second-order valence-corrected chi connectivity index (χ2v) is 7.46. The van der Waals surface area contributed by atoms with E-state index in [0.29, 0.717) is 22.9 Å². The Morgan fingerprint density at radius 1 is 0.970 bits per heavy atom. The molecule has 1 aromatic heterocycles. The molecule has 4 aromatic rings. The van der Waals surface area contributed by atoms with Gasteiger partial charge in [-0.25, -0.2) is 8.78 Å². The SMILES string of the molecule is O=C(Cc1ccc(NC(=O)c2cc3ccccc3o2)cc1)NCC(O)c1ccc(F)cc1F. The maximum atomic E-state index is 13.7. The standard InChI is InChI=1S/C25H20F2N2O4/c26-17-7-10-19(20(27)13-17)21(30)14-28-24(31)11-15-5-8-18(9-6-15)29-25(32)23-12-16-3-1-2-4-22(16)33-23/h1-10,12-13,21,30H,11,14H2,(H,28,31)(H,29,32). The predicted octanol–water partition coefficient (Wildman–Crippen LogP) is 4.36. The fourth-order valence-electron chi connectivity index (χ4n) is 3.33. The molecule has 1 heterocycles. The molecule has 168 valence electrons. The van der Waals surface area contributed by atoms with E-state index in [1.54, 1.807) is 36.4 Å². The monoisotopic (exact) mass is 450 g/mol. The van der Waals surface area contributed by atoms with Crippen LogP contribution in [0, 0.1) is 11.6 Å². The minimum atomic E-state index is -1.30. The molecule has 0 saturated heterocycles. The summed E-state index contributed by atoms with van der Waals surface area (Å²) in [6.45, 7) is -0.215. The Kier molecular flexibility index (Phi) is 6.46. The van der Waals surface area contributed by atoms with E-state index in [0.717, 1.165) is 17.5 Å². The van der Waals surface area contributed by atoms with Crippen LogP contribution in [-0.2, 0) is 11.2 Å². The van der Waals surface area contributed by atoms with Crippen molar-refractivity contribution in [1.82, 2.24) is 5.32 Å². The van der Waals surface area contributed by atoms with Crippen molar-refractivity contribution >= 4 is 28.5 Å². The molecule has 0 fully saturated rings. The maximum Gasteiger partial charge on any atom is 0.291 e. The Bertz CT molecular complexity index is 1270. The molecule has 8 heteroatoms. The van der Waals surface area contributed by atoms with Crippen molar-refractivity contribution in [1.29, 1.82) is 0 Å². The van der Waals surface area contributed by atoms with E-state index in [2.05, 4.69) is 10.6 Å². The molecular formula is C25H20F2N2O4. The van der Waals surface area contributed by atoms with Gasteiger partial charge in [-0.3, -0.25) is 9.59 Å². The highest BCUT2D eigenvalue weighted by molar-refractivity contribution is 6.04. The first-order valence-corrected chi connectivity index (χ1v) is 10.2. The molecule has 6 nitrogen and oxygen atoms in total. The number of rotatable bonds is 7. The van der Waals surface area contributed by atoms with Gasteiger partial charge in [0.1, 0.15) is 17.2 Å². The van der Waals surface area contributed by atoms with Crippen molar-refractivity contribution in [3.63, 3.8) is 0 Å². The van der Waals surface area contributed by atoms with E-state index in [-0.39, 0.29) is 30.2 Å². The Morgan fingerprint density at radius 2 is 1.73 bits per heavy atom. The number of benzene rings is 3. The zero-order valence-corrected chi connectivity index (χ0v) is 17.3. The van der Waals surface area contributed by atoms with Crippen molar-refractivity contribution in [2.45, 2.75) is 12.5 Å². The van der Waals surface area contributed by atoms with Crippen LogP contribution in [0.4, 0.5) is 14.5 Å². The number of halogens is 2. The second kappa shape index (κ2) is 9.62. The summed E-state index contributed by atoms with van der Waals surface area (Å²) in [5.41, 5.74) is 1.74. The van der Waals surface area contributed by atoms with Gasteiger partial charge in [0.15, 0.2) is 5.76 Å². The average Bonchev–Trinajstić information content (AvgIpc) is 3.23. The normalized spacial score (nSPS) is 11.8. The number of para-hydroxylation sites is 1. The quantitative estimate of drug-likeness (QED) is 0.390. The van der Waals surface area contributed by atoms with Crippen LogP contribution in [0.25, 0.3) is 11.0 Å². The Labute approximate surface area is 187 Å². The van der Waals surface area contributed by atoms with Crippen LogP contribution >= 0.6 is 0 Å². The first-order chi connectivity index (χ1) is 15.9. The van der Waals surface area contributed by atoms with Crippen LogP contribution in [0.15, 0.2) is 77.2 Å². The lowest BCUT2D eigenvalue weighted by Crippen LogP contribution is -2.30. The summed E-state index contributed by atoms with van der Waals surface area (Å²) in [7, 11) is 0. The number of hydrogen-bond donors (Lipinski definition) is 3. The molecule has 0 spiro atoms. The fourth-order valence-corrected chi connectivity index (χ4v) is 3.33. The Hall–Kier alpha value is -4.04. The highest BCUT2D eigenvalue weighted by Crippen LogP contribution is 2.20. The van der Waals surface area contributed by atoms with Crippen LogP contribution in [0.5, 0.6) is 0 Å². The van der Waals surface area contributed by atoms with E-state index in [9.17, 15) is 23.5 Å². The minimum absolute atomic E-state index is 0.0242. The summed E-state index contributed by atoms with van der Waals surface area (Å²) in [5, 5.41) is 16.1. The third-order valence-corrected chi connectivity index (χ3v) is 5.04. The summed E-state index contributed by atoms with van der Waals surface area (Å²) < 4.78 is 32.2. The van der Waals surface area contributed by atoms with Crippen LogP contribution in [0.2, 0.25) is 0 Å². The zero-order chi connectivity index (χ0) is 23.4. The van der Waals surface area contributed by atoms with Gasteiger partial charge in [-0.2, -0.15) is 0 Å². The largest absolute Gasteiger partial charge is 0.451 e. The van der Waals surface area contributed by atoms with Crippen LogP contribution in [0.1, 0.15) is 27.8 Å². The summed E-state index contributed by atoms with van der Waals surface area (Å²) >= 11 is 0. The topological polar surface area (TPSA) is 91.6 Å². The highest BCUT2D eigenvalue weighted by atomic mass is 19.1. The summed E-state index contributed by atoms with van der Waals surface area (Å²) in [6, 6.07) is 18.5. The number of furan rings is 1. The van der Waals surface area contributed by atoms with Gasteiger partial charge in [-0.05, 0) is 35.9 Å². The van der Waals surface area contributed by atoms with Crippen LogP contribution in [0.3, 0.4) is 0 Å². The molecule has 0 bridgehead atoms. The van der Waals surface area contributed by atoms with Gasteiger partial charge in [-0.1, -0.05) is 36.4 Å². The molecule has 33 heavy (non-hydrogen) atoms. The van der Waals surface area contributed by atoms with Gasteiger partial charge >= 0.3 is 0 Å². The first-order valence-electron chi connectivity index (χ1n) is 10.2. The molecule has 0 radical (unpaired) electrons. The number of carbonyl (C=O) groups is 2. The third kappa shape index (κ3) is 5.42. The maximum absolute atomic E-state index is 13.7. The molecule has 1 unspecified atom stereocenters. The number of nitrogens with one attached hydrogen (secondary N) is 2. The smallest absolute Gasteiger partial charge is 0.291 e. The fraction of sp³-hybridized carbons (Fsp3) is 0.120. The minimum Gasteiger partial charge on any atom is -0.451 e. The van der Waals surface area contributed by atoms with Gasteiger partial charge < -0.3 is 20.2 Å². The third-order valence-electron chi connectivity index (χ3n) is 5.04. The number of amides is 2. The predicted molar refractivity (Wildman–Crippen MR) is 119 cm³/mol. The molecule has 0 aliphatic rings. The molecular weight excluding hydrogens is 430 g/mol. The molecule has 3 aromatic carbocycles. The lowest BCUT2D eigenvalue weighted by molar-refractivity contribution is -0.120. The summed E-state index contributed by atoms with van der Waals surface area (Å²) in [5.74, 6) is -2.20. The van der Waals surface area contributed by atoms with Gasteiger partial charge in [0.05, 0.1) is 12.5 Å². The van der Waals surface area contributed by atoms with Crippen LogP contribution < -0.4 is 10.6 Å². The van der Waals surface area contributed by atoms with Crippen molar-refractivity contribution in [2.75, 3.05) is 11.9 Å². The first kappa shape index (κ1) is 22.2. The van der Waals surface area contributed by atoms with Gasteiger partial charge in [0, 0.05) is 29.2 Å². The Balaban J connectivity index is 1.29. The molecule has 0 saturated carbocycles. The van der Waals surface area contributed by atoms with Crippen molar-refractivity contribution in [2.24, 2.45) is 0 Å². The molecule has 0 aliphatic heterocycles. The zero-order valence-electron chi connectivity index (χ0n) is 17.3. The van der Waals surface area contributed by atoms with Crippen molar-refractivity contribution in [3.8, 4) is 0 Å². The lowest BCUT2D eigenvalue weighted by Gasteiger charge is -2.13. The molecule has 0 aliphatic carbocycles. The number of aliphatic hydroxyl groups is 1. The molecule has 2 amide bonds. The number of hydrogen-bond acceptors (Lipinski definition) is 4. The van der Waals surface area contributed by atoms with Gasteiger partial charge in [0.2, 0.25) is 5.91 Å². The van der Waals surface area contributed by atoms with E-state index < -0.39 is 23.6 Å². The lowest BCUT2D eigenvalue weighted by atomic mass is 10.1. The van der Waals surface area contributed by atoms with E-state index in [4.69, 9.17) is 4.42 Å². The van der Waals surface area contributed by atoms with Gasteiger partial charge in [-0.15, -0.1) is 0 Å². The van der Waals surface area contributed by atoms with Gasteiger partial charge in [0.25, 0.3) is 5.91 Å². The summed E-state index contributed by atoms with van der Waals surface area (Å²) in [4.78, 5) is 24.6. The van der Waals surface area contributed by atoms with Crippen molar-refractivity contribution in [3.05, 3.63) is 101 Å². The molecule has 4 rings (SSSR count). The molecule has 3 N–H and O–H groups in total. The van der Waals surface area contributed by atoms with E-state index in [1.165, 1.54) is 0 Å². The number of carbonyl (C=O) groups excluding carboxylic acids is 2. The molecule has 1 atom stereocenters. The number of aliphatic hydroxyl groups excluding tert-OH is 1. The highest BCUT2D eigenvalue weighted by Gasteiger charge is 2.15. The number of anilines is 1. The summed E-state index contributed by atoms with van der Waals surface area (Å²) in [6.07, 6.45) is -1.28. The number of fused-ring (bicyclic) bond motifs is 1. The Morgan fingerprint density at radius 3 is 2.45 bits per heavy atom. The van der Waals surface area contributed by atoms with Crippen molar-refractivity contribution < 1.29 is 27.9 Å².